The Morgan fingerprint density at radius 3 is 2.50 bits per heavy atom. The number of carbonyl (C=O) groups is 1. The zero-order chi connectivity index (χ0) is 15.6. The third-order valence-corrected chi connectivity index (χ3v) is 4.84. The van der Waals surface area contributed by atoms with Crippen LogP contribution in [0.25, 0.3) is 0 Å². The quantitative estimate of drug-likeness (QED) is 0.837. The van der Waals surface area contributed by atoms with Gasteiger partial charge in [0.05, 0.1) is 18.2 Å². The molecular formula is C18H20ClNO2. The third kappa shape index (κ3) is 2.78. The zero-order valence-electron chi connectivity index (χ0n) is 12.7. The van der Waals surface area contributed by atoms with Crippen molar-refractivity contribution in [1.82, 2.24) is 4.90 Å². The van der Waals surface area contributed by atoms with Gasteiger partial charge in [-0.3, -0.25) is 4.79 Å². The van der Waals surface area contributed by atoms with Crippen LogP contribution in [0.4, 0.5) is 0 Å². The molecule has 1 heterocycles. The normalized spacial score (nSPS) is 16.6. The second-order valence-corrected chi connectivity index (χ2v) is 6.47. The molecule has 1 saturated carbocycles. The fourth-order valence-corrected chi connectivity index (χ4v) is 3.57. The minimum atomic E-state index is -0.411. The number of likely N-dealkylation sites (N-methyl/N-ethyl adjacent to an activating group) is 1. The fraction of sp³-hybridized carbons (Fsp3) is 0.389. The molecule has 0 radical (unpaired) electrons. The Balaban J connectivity index is 1.86. The first-order valence-corrected chi connectivity index (χ1v) is 8.04. The molecule has 0 bridgehead atoms. The summed E-state index contributed by atoms with van der Waals surface area (Å²) in [5, 5.41) is 0.702. The Morgan fingerprint density at radius 2 is 1.91 bits per heavy atom. The second-order valence-electron chi connectivity index (χ2n) is 6.04. The highest BCUT2D eigenvalue weighted by atomic mass is 35.5. The first-order chi connectivity index (χ1) is 10.6. The minimum absolute atomic E-state index is 0.170. The lowest BCUT2D eigenvalue weighted by molar-refractivity contribution is -0.136. The van der Waals surface area contributed by atoms with Crippen LogP contribution in [0.15, 0.2) is 47.1 Å². The van der Waals surface area contributed by atoms with E-state index in [1.54, 1.807) is 11.2 Å². The van der Waals surface area contributed by atoms with Crippen LogP contribution in [0, 0.1) is 0 Å². The Kier molecular flexibility index (Phi) is 4.25. The van der Waals surface area contributed by atoms with E-state index in [9.17, 15) is 4.79 Å². The molecule has 1 aromatic heterocycles. The molecule has 3 nitrogen and oxygen atoms in total. The lowest BCUT2D eigenvalue weighted by atomic mass is 9.77. The van der Waals surface area contributed by atoms with Gasteiger partial charge in [0.25, 0.3) is 0 Å². The monoisotopic (exact) mass is 317 g/mol. The fourth-order valence-electron chi connectivity index (χ4n) is 3.45. The van der Waals surface area contributed by atoms with E-state index in [-0.39, 0.29) is 5.91 Å². The van der Waals surface area contributed by atoms with Gasteiger partial charge in [-0.2, -0.15) is 0 Å². The van der Waals surface area contributed by atoms with Gasteiger partial charge < -0.3 is 9.32 Å². The van der Waals surface area contributed by atoms with Gasteiger partial charge in [0, 0.05) is 12.1 Å². The number of benzene rings is 1. The van der Waals surface area contributed by atoms with Gasteiger partial charge in [0.2, 0.25) is 5.91 Å². The van der Waals surface area contributed by atoms with Crippen molar-refractivity contribution in [1.29, 1.82) is 0 Å². The van der Waals surface area contributed by atoms with Crippen LogP contribution >= 0.6 is 11.6 Å². The van der Waals surface area contributed by atoms with E-state index >= 15 is 0 Å². The number of rotatable bonds is 4. The molecule has 1 amide bonds. The smallest absolute Gasteiger partial charge is 0.233 e. The van der Waals surface area contributed by atoms with E-state index in [1.165, 1.54) is 0 Å². The number of halogens is 1. The van der Waals surface area contributed by atoms with Crippen molar-refractivity contribution >= 4 is 17.5 Å². The van der Waals surface area contributed by atoms with Crippen molar-refractivity contribution < 1.29 is 9.21 Å². The molecule has 0 aliphatic heterocycles. The van der Waals surface area contributed by atoms with E-state index in [1.807, 2.05) is 43.4 Å². The predicted molar refractivity (Wildman–Crippen MR) is 86.8 cm³/mol. The maximum Gasteiger partial charge on any atom is 0.233 e. The van der Waals surface area contributed by atoms with Crippen LogP contribution in [0.5, 0.6) is 0 Å². The molecule has 2 aromatic rings. The maximum absolute atomic E-state index is 13.1. The molecule has 3 rings (SSSR count). The zero-order valence-corrected chi connectivity index (χ0v) is 13.5. The number of nitrogens with zero attached hydrogens (tertiary/aromatic N) is 1. The van der Waals surface area contributed by atoms with E-state index in [0.717, 1.165) is 37.0 Å². The molecule has 1 fully saturated rings. The summed E-state index contributed by atoms with van der Waals surface area (Å²) in [5.41, 5.74) is 0.664. The van der Waals surface area contributed by atoms with Gasteiger partial charge in [-0.1, -0.05) is 36.6 Å². The van der Waals surface area contributed by atoms with Crippen molar-refractivity contribution in [3.63, 3.8) is 0 Å². The molecule has 0 spiro atoms. The average Bonchev–Trinajstić information content (AvgIpc) is 3.19. The van der Waals surface area contributed by atoms with Crippen LogP contribution in [-0.4, -0.2) is 17.9 Å². The Morgan fingerprint density at radius 1 is 1.23 bits per heavy atom. The first kappa shape index (κ1) is 15.2. The van der Waals surface area contributed by atoms with Crippen LogP contribution in [0.2, 0.25) is 5.02 Å². The van der Waals surface area contributed by atoms with Crippen molar-refractivity contribution in [2.24, 2.45) is 0 Å². The summed E-state index contributed by atoms with van der Waals surface area (Å²) in [6.07, 6.45) is 5.61. The molecule has 116 valence electrons. The molecular weight excluding hydrogens is 298 g/mol. The maximum atomic E-state index is 13.1. The molecule has 0 N–H and O–H groups in total. The largest absolute Gasteiger partial charge is 0.467 e. The Hall–Kier alpha value is -1.74. The highest BCUT2D eigenvalue weighted by Crippen LogP contribution is 2.43. The molecule has 22 heavy (non-hydrogen) atoms. The molecule has 1 aliphatic carbocycles. The lowest BCUT2D eigenvalue weighted by Gasteiger charge is -2.32. The van der Waals surface area contributed by atoms with Crippen molar-refractivity contribution in [3.8, 4) is 0 Å². The molecule has 0 unspecified atom stereocenters. The van der Waals surface area contributed by atoms with Gasteiger partial charge in [-0.05, 0) is 42.7 Å². The molecule has 0 saturated heterocycles. The van der Waals surface area contributed by atoms with Crippen LogP contribution in [0.3, 0.4) is 0 Å². The predicted octanol–water partition coefficient (Wildman–Crippen LogP) is 4.40. The van der Waals surface area contributed by atoms with Gasteiger partial charge in [-0.25, -0.2) is 0 Å². The van der Waals surface area contributed by atoms with Crippen molar-refractivity contribution in [3.05, 3.63) is 59.0 Å². The number of amides is 1. The van der Waals surface area contributed by atoms with E-state index < -0.39 is 5.41 Å². The number of hydrogen-bond acceptors (Lipinski definition) is 2. The standard InChI is InChI=1S/C18H20ClNO2/c1-20(13-16-5-4-12-22-16)17(21)18(10-2-3-11-18)14-6-8-15(19)9-7-14/h4-9,12H,2-3,10-11,13H2,1H3. The number of furan rings is 1. The number of carbonyl (C=O) groups excluding carboxylic acids is 1. The summed E-state index contributed by atoms with van der Waals surface area (Å²) in [6, 6.07) is 11.5. The summed E-state index contributed by atoms with van der Waals surface area (Å²) < 4.78 is 5.36. The second kappa shape index (κ2) is 6.17. The topological polar surface area (TPSA) is 33.5 Å². The summed E-state index contributed by atoms with van der Waals surface area (Å²) in [6.45, 7) is 0.501. The van der Waals surface area contributed by atoms with Gasteiger partial charge >= 0.3 is 0 Å². The SMILES string of the molecule is CN(Cc1ccco1)C(=O)C1(c2ccc(Cl)cc2)CCCC1. The first-order valence-electron chi connectivity index (χ1n) is 7.66. The molecule has 1 aromatic carbocycles. The van der Waals surface area contributed by atoms with E-state index in [4.69, 9.17) is 16.0 Å². The van der Waals surface area contributed by atoms with Gasteiger partial charge in [0.15, 0.2) is 0 Å². The summed E-state index contributed by atoms with van der Waals surface area (Å²) in [7, 11) is 1.85. The van der Waals surface area contributed by atoms with Gasteiger partial charge in [-0.15, -0.1) is 0 Å². The highest BCUT2D eigenvalue weighted by Gasteiger charge is 2.44. The minimum Gasteiger partial charge on any atom is -0.467 e. The molecule has 4 heteroatoms. The highest BCUT2D eigenvalue weighted by molar-refractivity contribution is 6.30. The van der Waals surface area contributed by atoms with Crippen LogP contribution < -0.4 is 0 Å². The van der Waals surface area contributed by atoms with E-state index in [0.29, 0.717) is 11.6 Å². The van der Waals surface area contributed by atoms with Crippen LogP contribution in [-0.2, 0) is 16.8 Å². The molecule has 0 atom stereocenters. The summed E-state index contributed by atoms with van der Waals surface area (Å²) in [4.78, 5) is 14.9. The van der Waals surface area contributed by atoms with Gasteiger partial charge in [0.1, 0.15) is 5.76 Å². The van der Waals surface area contributed by atoms with Crippen molar-refractivity contribution in [2.45, 2.75) is 37.6 Å². The third-order valence-electron chi connectivity index (χ3n) is 4.58. The average molecular weight is 318 g/mol. The Labute approximate surface area is 135 Å². The van der Waals surface area contributed by atoms with Crippen LogP contribution in [0.1, 0.15) is 37.0 Å². The van der Waals surface area contributed by atoms with E-state index in [2.05, 4.69) is 0 Å². The van der Waals surface area contributed by atoms with Crippen molar-refractivity contribution in [2.75, 3.05) is 7.05 Å². The summed E-state index contributed by atoms with van der Waals surface area (Å²) >= 11 is 5.99. The Bertz CT molecular complexity index is 628. The summed E-state index contributed by atoms with van der Waals surface area (Å²) in [5.74, 6) is 0.976. The number of hydrogen-bond donors (Lipinski definition) is 0. The molecule has 1 aliphatic rings. The lowest BCUT2D eigenvalue weighted by Crippen LogP contribution is -2.43.